The fourth-order valence-electron chi connectivity index (χ4n) is 2.66. The normalized spacial score (nSPS) is 11.4. The molecule has 1 heterocycles. The highest BCUT2D eigenvalue weighted by Crippen LogP contribution is 2.32. The van der Waals surface area contributed by atoms with Gasteiger partial charge in [0.15, 0.2) is 11.6 Å². The third-order valence-electron chi connectivity index (χ3n) is 4.10. The number of benzene rings is 2. The fraction of sp³-hybridized carbons (Fsp3) is 0.111. The van der Waals surface area contributed by atoms with Crippen molar-refractivity contribution in [2.45, 2.75) is 4.90 Å². The number of nitrogens with one attached hydrogen (secondary N) is 2. The van der Waals surface area contributed by atoms with E-state index in [2.05, 4.69) is 15.0 Å². The van der Waals surface area contributed by atoms with Gasteiger partial charge in [-0.15, -0.1) is 0 Å². The van der Waals surface area contributed by atoms with Crippen LogP contribution in [0, 0.1) is 5.82 Å². The standard InChI is InChI=1S/C18H17FN4O4S/c1-21-28(25,26)11-4-6-15-12(8-11)17(13(9-22-15)18(20)24)23-10-3-5-14(19)16(7-10)27-2/h3-9,21H,1-2H3,(H2,20,24)(H,22,23). The Morgan fingerprint density at radius 1 is 1.21 bits per heavy atom. The smallest absolute Gasteiger partial charge is 0.252 e. The Labute approximate surface area is 160 Å². The topological polar surface area (TPSA) is 123 Å². The number of methoxy groups -OCH3 is 1. The van der Waals surface area contributed by atoms with Crippen molar-refractivity contribution in [1.29, 1.82) is 0 Å². The molecule has 2 aromatic carbocycles. The van der Waals surface area contributed by atoms with Crippen LogP contribution in [0.2, 0.25) is 0 Å². The van der Waals surface area contributed by atoms with Crippen LogP contribution in [0.1, 0.15) is 10.4 Å². The number of pyridine rings is 1. The van der Waals surface area contributed by atoms with E-state index in [9.17, 15) is 17.6 Å². The van der Waals surface area contributed by atoms with Gasteiger partial charge in [-0.3, -0.25) is 9.78 Å². The number of aromatic nitrogens is 1. The van der Waals surface area contributed by atoms with Gasteiger partial charge in [0, 0.05) is 23.3 Å². The third-order valence-corrected chi connectivity index (χ3v) is 5.52. The number of carbonyl (C=O) groups excluding carboxylic acids is 1. The zero-order chi connectivity index (χ0) is 20.5. The van der Waals surface area contributed by atoms with Gasteiger partial charge in [0.1, 0.15) is 0 Å². The van der Waals surface area contributed by atoms with E-state index in [-0.39, 0.29) is 21.9 Å². The average molecular weight is 404 g/mol. The molecule has 0 saturated carbocycles. The Balaban J connectivity index is 2.24. The summed E-state index contributed by atoms with van der Waals surface area (Å²) in [7, 11) is -1.10. The number of ether oxygens (including phenoxy) is 1. The van der Waals surface area contributed by atoms with Crippen LogP contribution in [-0.2, 0) is 10.0 Å². The van der Waals surface area contributed by atoms with Crippen LogP contribution in [0.5, 0.6) is 5.75 Å². The van der Waals surface area contributed by atoms with Crippen molar-refractivity contribution < 1.29 is 22.3 Å². The van der Waals surface area contributed by atoms with E-state index < -0.39 is 21.7 Å². The molecule has 0 bridgehead atoms. The van der Waals surface area contributed by atoms with Gasteiger partial charge in [0.25, 0.3) is 5.91 Å². The third kappa shape index (κ3) is 3.59. The Kier molecular flexibility index (Phi) is 5.16. The minimum absolute atomic E-state index is 0.00226. The van der Waals surface area contributed by atoms with E-state index >= 15 is 0 Å². The van der Waals surface area contributed by atoms with E-state index in [1.54, 1.807) is 0 Å². The van der Waals surface area contributed by atoms with Crippen LogP contribution < -0.4 is 20.5 Å². The molecule has 0 radical (unpaired) electrons. The largest absolute Gasteiger partial charge is 0.494 e. The highest BCUT2D eigenvalue weighted by atomic mass is 32.2. The molecule has 28 heavy (non-hydrogen) atoms. The second-order valence-corrected chi connectivity index (χ2v) is 7.66. The van der Waals surface area contributed by atoms with Crippen molar-refractivity contribution in [3.8, 4) is 5.75 Å². The number of carbonyl (C=O) groups is 1. The van der Waals surface area contributed by atoms with Crippen molar-refractivity contribution >= 4 is 38.2 Å². The zero-order valence-electron chi connectivity index (χ0n) is 15.0. The Hall–Kier alpha value is -3.24. The molecule has 0 atom stereocenters. The molecule has 0 unspecified atom stereocenters. The van der Waals surface area contributed by atoms with Gasteiger partial charge in [0.2, 0.25) is 10.0 Å². The van der Waals surface area contributed by atoms with Gasteiger partial charge in [-0.25, -0.2) is 17.5 Å². The fourth-order valence-corrected chi connectivity index (χ4v) is 3.42. The predicted octanol–water partition coefficient (Wildman–Crippen LogP) is 2.13. The molecular weight excluding hydrogens is 387 g/mol. The minimum atomic E-state index is -3.72. The summed E-state index contributed by atoms with van der Waals surface area (Å²) in [5.41, 5.74) is 6.61. The summed E-state index contributed by atoms with van der Waals surface area (Å²) in [5, 5.41) is 3.35. The molecule has 4 N–H and O–H groups in total. The first-order valence-corrected chi connectivity index (χ1v) is 9.52. The van der Waals surface area contributed by atoms with Gasteiger partial charge < -0.3 is 15.8 Å². The van der Waals surface area contributed by atoms with Crippen LogP contribution in [0.25, 0.3) is 10.9 Å². The molecule has 0 fully saturated rings. The number of sulfonamides is 1. The lowest BCUT2D eigenvalue weighted by molar-refractivity contribution is 0.100. The number of hydrogen-bond donors (Lipinski definition) is 3. The van der Waals surface area contributed by atoms with Crippen molar-refractivity contribution in [3.63, 3.8) is 0 Å². The highest BCUT2D eigenvalue weighted by molar-refractivity contribution is 7.89. The number of rotatable bonds is 6. The molecule has 0 saturated heterocycles. The molecule has 1 amide bonds. The SMILES string of the molecule is CNS(=O)(=O)c1ccc2ncc(C(N)=O)c(Nc3ccc(F)c(OC)c3)c2c1. The molecule has 0 aliphatic carbocycles. The maximum Gasteiger partial charge on any atom is 0.252 e. The molecule has 0 aliphatic rings. The molecule has 8 nitrogen and oxygen atoms in total. The van der Waals surface area contributed by atoms with E-state index in [0.29, 0.717) is 16.6 Å². The quantitative estimate of drug-likeness (QED) is 0.578. The summed E-state index contributed by atoms with van der Waals surface area (Å²) < 4.78 is 45.2. The number of nitrogens with zero attached hydrogens (tertiary/aromatic N) is 1. The van der Waals surface area contributed by atoms with E-state index in [1.165, 1.54) is 56.8 Å². The van der Waals surface area contributed by atoms with Gasteiger partial charge in [-0.1, -0.05) is 0 Å². The minimum Gasteiger partial charge on any atom is -0.494 e. The lowest BCUT2D eigenvalue weighted by atomic mass is 10.1. The number of fused-ring (bicyclic) bond motifs is 1. The highest BCUT2D eigenvalue weighted by Gasteiger charge is 2.18. The molecule has 1 aromatic heterocycles. The Morgan fingerprint density at radius 3 is 2.61 bits per heavy atom. The summed E-state index contributed by atoms with van der Waals surface area (Å²) in [6.45, 7) is 0. The number of hydrogen-bond acceptors (Lipinski definition) is 6. The molecule has 146 valence electrons. The van der Waals surface area contributed by atoms with Gasteiger partial charge in [0.05, 0.1) is 28.8 Å². The Bertz CT molecular complexity index is 1180. The van der Waals surface area contributed by atoms with Gasteiger partial charge in [-0.2, -0.15) is 0 Å². The molecule has 3 rings (SSSR count). The second-order valence-electron chi connectivity index (χ2n) is 5.77. The summed E-state index contributed by atoms with van der Waals surface area (Å²) in [4.78, 5) is 16.0. The first-order valence-electron chi connectivity index (χ1n) is 8.03. The molecule has 0 aliphatic heterocycles. The van der Waals surface area contributed by atoms with Crippen LogP contribution >= 0.6 is 0 Å². The van der Waals surface area contributed by atoms with E-state index in [4.69, 9.17) is 10.5 Å². The van der Waals surface area contributed by atoms with E-state index in [1.807, 2.05) is 0 Å². The summed E-state index contributed by atoms with van der Waals surface area (Å²) in [5.74, 6) is -1.31. The van der Waals surface area contributed by atoms with Crippen molar-refractivity contribution in [1.82, 2.24) is 9.71 Å². The first kappa shape index (κ1) is 19.5. The summed E-state index contributed by atoms with van der Waals surface area (Å²) >= 11 is 0. The summed E-state index contributed by atoms with van der Waals surface area (Å²) in [6, 6.07) is 8.34. The van der Waals surface area contributed by atoms with Crippen molar-refractivity contribution in [2.24, 2.45) is 5.73 Å². The zero-order valence-corrected chi connectivity index (χ0v) is 15.8. The second kappa shape index (κ2) is 7.41. The average Bonchev–Trinajstić information content (AvgIpc) is 2.68. The monoisotopic (exact) mass is 404 g/mol. The van der Waals surface area contributed by atoms with Crippen LogP contribution in [-0.4, -0.2) is 33.5 Å². The maximum atomic E-state index is 13.7. The number of halogens is 1. The van der Waals surface area contributed by atoms with Crippen LogP contribution in [0.3, 0.4) is 0 Å². The summed E-state index contributed by atoms with van der Waals surface area (Å²) in [6.07, 6.45) is 1.29. The van der Waals surface area contributed by atoms with Crippen LogP contribution in [0.15, 0.2) is 47.5 Å². The number of anilines is 2. The lowest BCUT2D eigenvalue weighted by Crippen LogP contribution is -2.18. The molecule has 10 heteroatoms. The number of nitrogens with two attached hydrogens (primary N) is 1. The van der Waals surface area contributed by atoms with Crippen molar-refractivity contribution in [3.05, 3.63) is 54.0 Å². The van der Waals surface area contributed by atoms with Gasteiger partial charge in [-0.05, 0) is 37.4 Å². The Morgan fingerprint density at radius 2 is 1.96 bits per heavy atom. The number of amides is 1. The molecular formula is C18H17FN4O4S. The van der Waals surface area contributed by atoms with Crippen LogP contribution in [0.4, 0.5) is 15.8 Å². The lowest BCUT2D eigenvalue weighted by Gasteiger charge is -2.15. The number of primary amides is 1. The van der Waals surface area contributed by atoms with Gasteiger partial charge >= 0.3 is 0 Å². The van der Waals surface area contributed by atoms with E-state index in [0.717, 1.165) is 0 Å². The molecule has 0 spiro atoms. The maximum absolute atomic E-state index is 13.7. The first-order chi connectivity index (χ1) is 13.3. The molecule has 3 aromatic rings. The predicted molar refractivity (Wildman–Crippen MR) is 103 cm³/mol. The van der Waals surface area contributed by atoms with Crippen molar-refractivity contribution in [2.75, 3.05) is 19.5 Å².